The Morgan fingerprint density at radius 3 is 2.13 bits per heavy atom. The predicted octanol–water partition coefficient (Wildman–Crippen LogP) is 5.84. The van der Waals surface area contributed by atoms with Crippen molar-refractivity contribution in [3.8, 4) is 0 Å². The minimum Gasteiger partial charge on any atom is -0.406 e. The molecular weight excluding hydrogens is 300 g/mol. The lowest BCUT2D eigenvalue weighted by Crippen LogP contribution is -2.46. The number of hydrogen-bond acceptors (Lipinski definition) is 2. The molecule has 0 spiro atoms. The van der Waals surface area contributed by atoms with Gasteiger partial charge in [-0.25, -0.2) is 0 Å². The van der Waals surface area contributed by atoms with Gasteiger partial charge in [-0.3, -0.25) is 4.79 Å². The Kier molecular flexibility index (Phi) is 7.03. The number of carbonyl (C=O) groups is 1. The van der Waals surface area contributed by atoms with E-state index in [9.17, 15) is 4.79 Å². The van der Waals surface area contributed by atoms with Gasteiger partial charge in [-0.2, -0.15) is 0 Å². The first-order chi connectivity index (χ1) is 11.2. The lowest BCUT2D eigenvalue weighted by Gasteiger charge is -2.37. The second kappa shape index (κ2) is 8.79. The van der Waals surface area contributed by atoms with E-state index in [4.69, 9.17) is 4.43 Å². The van der Waals surface area contributed by atoms with Crippen LogP contribution in [0.2, 0.25) is 18.1 Å². The molecule has 0 bridgehead atoms. The SMILES string of the molecule is CC[Si](CC)(CC)OC(C(=O)c1ccccc1)C1CCCCC1. The van der Waals surface area contributed by atoms with Crippen LogP contribution in [0.1, 0.15) is 63.2 Å². The van der Waals surface area contributed by atoms with E-state index in [-0.39, 0.29) is 11.9 Å². The molecule has 23 heavy (non-hydrogen) atoms. The molecule has 0 aliphatic heterocycles. The monoisotopic (exact) mass is 332 g/mol. The second-order valence-electron chi connectivity index (χ2n) is 6.91. The first-order valence-corrected chi connectivity index (χ1v) is 12.0. The van der Waals surface area contributed by atoms with Crippen LogP contribution in [-0.2, 0) is 4.43 Å². The molecule has 1 fully saturated rings. The van der Waals surface area contributed by atoms with Crippen molar-refractivity contribution in [2.24, 2.45) is 5.92 Å². The molecule has 1 aromatic carbocycles. The fourth-order valence-electron chi connectivity index (χ4n) is 3.84. The zero-order chi connectivity index (χ0) is 16.7. The van der Waals surface area contributed by atoms with E-state index in [1.54, 1.807) is 0 Å². The summed E-state index contributed by atoms with van der Waals surface area (Å²) in [6.45, 7) is 6.72. The molecule has 0 radical (unpaired) electrons. The highest BCUT2D eigenvalue weighted by molar-refractivity contribution is 6.73. The third-order valence-corrected chi connectivity index (χ3v) is 10.3. The molecule has 128 valence electrons. The van der Waals surface area contributed by atoms with Crippen LogP contribution in [0.4, 0.5) is 0 Å². The van der Waals surface area contributed by atoms with Crippen molar-refractivity contribution in [3.05, 3.63) is 35.9 Å². The van der Waals surface area contributed by atoms with Crippen molar-refractivity contribution in [3.63, 3.8) is 0 Å². The number of benzene rings is 1. The van der Waals surface area contributed by atoms with Crippen molar-refractivity contribution in [1.29, 1.82) is 0 Å². The standard InChI is InChI=1S/C20H32O2Si/c1-4-23(5-2,6-3)22-20(18-15-11-8-12-16-18)19(21)17-13-9-7-10-14-17/h7,9-10,13-14,18,20H,4-6,8,11-12,15-16H2,1-3H3. The van der Waals surface area contributed by atoms with Gasteiger partial charge < -0.3 is 4.43 Å². The van der Waals surface area contributed by atoms with Crippen molar-refractivity contribution < 1.29 is 9.22 Å². The van der Waals surface area contributed by atoms with Crippen LogP contribution in [0.5, 0.6) is 0 Å². The zero-order valence-corrected chi connectivity index (χ0v) is 16.0. The molecule has 0 aromatic heterocycles. The molecule has 0 N–H and O–H groups in total. The topological polar surface area (TPSA) is 26.3 Å². The maximum atomic E-state index is 13.2. The number of carbonyl (C=O) groups excluding carboxylic acids is 1. The van der Waals surface area contributed by atoms with Crippen molar-refractivity contribution >= 4 is 14.1 Å². The van der Waals surface area contributed by atoms with Crippen LogP contribution < -0.4 is 0 Å². The number of ketones is 1. The first-order valence-electron chi connectivity index (χ1n) is 9.43. The summed E-state index contributed by atoms with van der Waals surface area (Å²) in [5.74, 6) is 0.623. The van der Waals surface area contributed by atoms with E-state index in [0.29, 0.717) is 5.92 Å². The molecule has 1 unspecified atom stereocenters. The molecule has 3 heteroatoms. The van der Waals surface area contributed by atoms with Crippen LogP contribution in [0.3, 0.4) is 0 Å². The van der Waals surface area contributed by atoms with E-state index in [1.807, 2.05) is 30.3 Å². The molecule has 1 atom stereocenters. The van der Waals surface area contributed by atoms with Gasteiger partial charge in [0.2, 0.25) is 0 Å². The smallest absolute Gasteiger partial charge is 0.193 e. The molecule has 1 saturated carbocycles. The van der Waals surface area contributed by atoms with Gasteiger partial charge in [-0.05, 0) is 36.9 Å². The van der Waals surface area contributed by atoms with Gasteiger partial charge in [0.1, 0.15) is 6.10 Å². The average molecular weight is 333 g/mol. The molecule has 1 aliphatic rings. The lowest BCUT2D eigenvalue weighted by molar-refractivity contribution is 0.0581. The van der Waals surface area contributed by atoms with Crippen LogP contribution in [0, 0.1) is 5.92 Å². The summed E-state index contributed by atoms with van der Waals surface area (Å²) >= 11 is 0. The highest BCUT2D eigenvalue weighted by atomic mass is 28.4. The highest BCUT2D eigenvalue weighted by Gasteiger charge is 2.39. The van der Waals surface area contributed by atoms with Crippen molar-refractivity contribution in [1.82, 2.24) is 0 Å². The molecule has 0 saturated heterocycles. The summed E-state index contributed by atoms with van der Waals surface area (Å²) < 4.78 is 6.73. The first kappa shape index (κ1) is 18.4. The van der Waals surface area contributed by atoms with Crippen molar-refractivity contribution in [2.45, 2.75) is 77.1 Å². The molecule has 0 heterocycles. The van der Waals surface area contributed by atoms with Gasteiger partial charge in [-0.1, -0.05) is 70.4 Å². The summed E-state index contributed by atoms with van der Waals surface area (Å²) in [4.78, 5) is 13.2. The molecule has 2 nitrogen and oxygen atoms in total. The van der Waals surface area contributed by atoms with Gasteiger partial charge in [0, 0.05) is 5.56 Å². The number of Topliss-reactive ketones (excluding diaryl/α,β-unsaturated/α-hetero) is 1. The van der Waals surface area contributed by atoms with Gasteiger partial charge >= 0.3 is 0 Å². The van der Waals surface area contributed by atoms with Gasteiger partial charge in [0.05, 0.1) is 0 Å². The molecule has 1 aliphatic carbocycles. The quantitative estimate of drug-likeness (QED) is 0.441. The Balaban J connectivity index is 2.25. The van der Waals surface area contributed by atoms with Crippen LogP contribution in [0.15, 0.2) is 30.3 Å². The Hall–Kier alpha value is -0.933. The Morgan fingerprint density at radius 1 is 1.04 bits per heavy atom. The fraction of sp³-hybridized carbons (Fsp3) is 0.650. The minimum atomic E-state index is -1.78. The maximum Gasteiger partial charge on any atom is 0.193 e. The normalized spacial score (nSPS) is 17.9. The Morgan fingerprint density at radius 2 is 1.61 bits per heavy atom. The molecule has 0 amide bonds. The van der Waals surface area contributed by atoms with Crippen LogP contribution >= 0.6 is 0 Å². The van der Waals surface area contributed by atoms with E-state index in [0.717, 1.165) is 36.5 Å². The number of rotatable bonds is 8. The lowest BCUT2D eigenvalue weighted by atomic mass is 9.82. The average Bonchev–Trinajstić information content (AvgIpc) is 2.64. The van der Waals surface area contributed by atoms with E-state index >= 15 is 0 Å². The van der Waals surface area contributed by atoms with Crippen LogP contribution in [-0.4, -0.2) is 20.2 Å². The summed E-state index contributed by atoms with van der Waals surface area (Å²) in [5, 5.41) is 0. The largest absolute Gasteiger partial charge is 0.406 e. The second-order valence-corrected chi connectivity index (χ2v) is 11.6. The van der Waals surface area contributed by atoms with E-state index < -0.39 is 8.32 Å². The predicted molar refractivity (Wildman–Crippen MR) is 99.4 cm³/mol. The number of hydrogen-bond donors (Lipinski definition) is 0. The maximum absolute atomic E-state index is 13.2. The summed E-state index contributed by atoms with van der Waals surface area (Å²) in [6, 6.07) is 13.1. The molecule has 2 rings (SSSR count). The molecule has 1 aromatic rings. The third-order valence-electron chi connectivity index (χ3n) is 5.70. The Labute approximate surface area is 142 Å². The molecular formula is C20H32O2Si. The van der Waals surface area contributed by atoms with E-state index in [1.165, 1.54) is 19.3 Å². The fourth-order valence-corrected chi connectivity index (χ4v) is 6.67. The highest BCUT2D eigenvalue weighted by Crippen LogP contribution is 2.34. The summed E-state index contributed by atoms with van der Waals surface area (Å²) in [5.41, 5.74) is 0.814. The zero-order valence-electron chi connectivity index (χ0n) is 15.0. The van der Waals surface area contributed by atoms with Gasteiger partial charge in [0.25, 0.3) is 0 Å². The van der Waals surface area contributed by atoms with Crippen LogP contribution in [0.25, 0.3) is 0 Å². The Bertz CT molecular complexity index is 467. The van der Waals surface area contributed by atoms with Crippen molar-refractivity contribution in [2.75, 3.05) is 0 Å². The van der Waals surface area contributed by atoms with E-state index in [2.05, 4.69) is 20.8 Å². The third kappa shape index (κ3) is 4.54. The van der Waals surface area contributed by atoms with Gasteiger partial charge in [0.15, 0.2) is 14.1 Å². The van der Waals surface area contributed by atoms with Gasteiger partial charge in [-0.15, -0.1) is 0 Å². The minimum absolute atomic E-state index is 0.213. The summed E-state index contributed by atoms with van der Waals surface area (Å²) in [7, 11) is -1.78. The summed E-state index contributed by atoms with van der Waals surface area (Å²) in [6.07, 6.45) is 5.86.